The third-order valence-corrected chi connectivity index (χ3v) is 10.3. The molecule has 3 fully saturated rings. The quantitative estimate of drug-likeness (QED) is 0.408. The minimum absolute atomic E-state index is 0.426. The second-order valence-corrected chi connectivity index (χ2v) is 12.4. The Balaban J connectivity index is 1.39. The average molecular weight is 401 g/mol. The molecule has 4 rings (SSSR count). The molecule has 0 aromatic carbocycles. The van der Waals surface area contributed by atoms with Crippen LogP contribution in [0.4, 0.5) is 0 Å². The summed E-state index contributed by atoms with van der Waals surface area (Å²) in [5.74, 6) is 4.64. The van der Waals surface area contributed by atoms with E-state index in [1.54, 1.807) is 5.57 Å². The highest BCUT2D eigenvalue weighted by molar-refractivity contribution is 5.25. The van der Waals surface area contributed by atoms with Crippen molar-refractivity contribution in [3.05, 3.63) is 11.6 Å². The van der Waals surface area contributed by atoms with Gasteiger partial charge in [-0.05, 0) is 105 Å². The Labute approximate surface area is 181 Å². The van der Waals surface area contributed by atoms with Gasteiger partial charge in [-0.25, -0.2) is 0 Å². The van der Waals surface area contributed by atoms with Crippen molar-refractivity contribution < 1.29 is 4.74 Å². The molecular weight excluding hydrogens is 352 g/mol. The highest BCUT2D eigenvalue weighted by Gasteiger charge is 2.57. The number of rotatable bonds is 6. The van der Waals surface area contributed by atoms with E-state index in [2.05, 4.69) is 47.6 Å². The van der Waals surface area contributed by atoms with Crippen molar-refractivity contribution in [1.29, 1.82) is 0 Å². The number of allylic oxidation sites excluding steroid dienone is 1. The molecule has 0 saturated heterocycles. The first-order valence-electron chi connectivity index (χ1n) is 13.1. The van der Waals surface area contributed by atoms with Crippen molar-refractivity contribution in [2.45, 2.75) is 124 Å². The molecule has 0 N–H and O–H groups in total. The lowest BCUT2D eigenvalue weighted by molar-refractivity contribution is -0.0688. The van der Waals surface area contributed by atoms with Gasteiger partial charge in [0.25, 0.3) is 0 Å². The van der Waals surface area contributed by atoms with E-state index in [1.165, 1.54) is 70.6 Å². The second-order valence-electron chi connectivity index (χ2n) is 12.4. The Morgan fingerprint density at radius 2 is 1.79 bits per heavy atom. The van der Waals surface area contributed by atoms with E-state index in [9.17, 15) is 0 Å². The fraction of sp³-hybridized carbons (Fsp3) is 0.929. The summed E-state index contributed by atoms with van der Waals surface area (Å²) < 4.78 is 6.56. The van der Waals surface area contributed by atoms with Gasteiger partial charge >= 0.3 is 0 Å². The van der Waals surface area contributed by atoms with Gasteiger partial charge in [-0.1, -0.05) is 59.1 Å². The molecule has 29 heavy (non-hydrogen) atoms. The first-order chi connectivity index (χ1) is 13.7. The zero-order valence-electron chi connectivity index (χ0n) is 20.3. The molecule has 0 heterocycles. The van der Waals surface area contributed by atoms with Crippen molar-refractivity contribution in [1.82, 2.24) is 0 Å². The Kier molecular flexibility index (Phi) is 6.29. The number of hydrogen-bond acceptors (Lipinski definition) is 1. The fourth-order valence-corrected chi connectivity index (χ4v) is 8.22. The summed E-state index contributed by atoms with van der Waals surface area (Å²) in [5, 5.41) is 0. The molecule has 1 heteroatoms. The summed E-state index contributed by atoms with van der Waals surface area (Å²) >= 11 is 0. The van der Waals surface area contributed by atoms with Crippen molar-refractivity contribution in [3.63, 3.8) is 0 Å². The first-order valence-corrected chi connectivity index (χ1v) is 13.1. The third-order valence-electron chi connectivity index (χ3n) is 10.3. The molecule has 0 bridgehead atoms. The zero-order chi connectivity index (χ0) is 20.8. The van der Waals surface area contributed by atoms with Crippen LogP contribution in [0.25, 0.3) is 0 Å². The van der Waals surface area contributed by atoms with Crippen LogP contribution in [0.3, 0.4) is 0 Å². The van der Waals surface area contributed by atoms with Crippen molar-refractivity contribution >= 4 is 0 Å². The van der Waals surface area contributed by atoms with Gasteiger partial charge in [-0.15, -0.1) is 0 Å². The summed E-state index contributed by atoms with van der Waals surface area (Å²) in [4.78, 5) is 0. The highest BCUT2D eigenvalue weighted by atomic mass is 16.5. The first kappa shape index (κ1) is 21.9. The third kappa shape index (κ3) is 3.99. The molecule has 4 aliphatic rings. The summed E-state index contributed by atoms with van der Waals surface area (Å²) in [6.45, 7) is 14.8. The van der Waals surface area contributed by atoms with Crippen LogP contribution in [0.5, 0.6) is 0 Å². The van der Waals surface area contributed by atoms with Crippen LogP contribution in [0.1, 0.15) is 112 Å². The molecule has 166 valence electrons. The van der Waals surface area contributed by atoms with E-state index >= 15 is 0 Å². The molecule has 0 aromatic heterocycles. The Bertz CT molecular complexity index is 605. The van der Waals surface area contributed by atoms with Crippen LogP contribution in [-0.4, -0.2) is 12.2 Å². The van der Waals surface area contributed by atoms with E-state index in [0.717, 1.165) is 29.6 Å². The minimum Gasteiger partial charge on any atom is -0.375 e. The summed E-state index contributed by atoms with van der Waals surface area (Å²) in [6.07, 6.45) is 18.6. The van der Waals surface area contributed by atoms with E-state index < -0.39 is 0 Å². The van der Waals surface area contributed by atoms with Crippen molar-refractivity contribution in [2.75, 3.05) is 0 Å². The average Bonchev–Trinajstić information content (AvgIpc) is 2.97. The molecule has 0 aliphatic heterocycles. The number of hydrogen-bond donors (Lipinski definition) is 0. The van der Waals surface area contributed by atoms with E-state index in [-0.39, 0.29) is 0 Å². The van der Waals surface area contributed by atoms with Crippen LogP contribution >= 0.6 is 0 Å². The second kappa shape index (κ2) is 8.33. The van der Waals surface area contributed by atoms with Crippen LogP contribution in [0.2, 0.25) is 0 Å². The predicted octanol–water partition coefficient (Wildman–Crippen LogP) is 8.19. The molecule has 8 unspecified atom stereocenters. The van der Waals surface area contributed by atoms with E-state index in [4.69, 9.17) is 4.74 Å². The van der Waals surface area contributed by atoms with Crippen molar-refractivity contribution in [2.24, 2.45) is 40.4 Å². The monoisotopic (exact) mass is 400 g/mol. The van der Waals surface area contributed by atoms with Gasteiger partial charge in [0.1, 0.15) is 0 Å². The lowest BCUT2D eigenvalue weighted by Crippen LogP contribution is -2.50. The fourth-order valence-electron chi connectivity index (χ4n) is 8.22. The lowest BCUT2D eigenvalue weighted by atomic mass is 9.47. The summed E-state index contributed by atoms with van der Waals surface area (Å²) in [6, 6.07) is 0. The minimum atomic E-state index is 0.426. The Hall–Kier alpha value is -0.300. The van der Waals surface area contributed by atoms with Gasteiger partial charge in [0.2, 0.25) is 0 Å². The maximum atomic E-state index is 6.56. The standard InChI is InChI=1S/C28H48O/c1-19(2)8-7-9-21(4)29-23-14-16-28(6)22(18-23)11-12-24-25-13-10-20(3)27(25,5)17-15-26(24)28/h11,19-21,23-26H,7-10,12-18H2,1-6H3. The lowest BCUT2D eigenvalue weighted by Gasteiger charge is -2.58. The molecule has 0 aromatic rings. The summed E-state index contributed by atoms with van der Waals surface area (Å²) in [7, 11) is 0. The van der Waals surface area contributed by atoms with Gasteiger partial charge in [0.05, 0.1) is 12.2 Å². The molecule has 1 nitrogen and oxygen atoms in total. The number of ether oxygens (including phenoxy) is 1. The van der Waals surface area contributed by atoms with Gasteiger partial charge in [-0.3, -0.25) is 0 Å². The van der Waals surface area contributed by atoms with Crippen molar-refractivity contribution in [3.8, 4) is 0 Å². The van der Waals surface area contributed by atoms with Crippen LogP contribution in [0.15, 0.2) is 11.6 Å². The molecule has 0 radical (unpaired) electrons. The largest absolute Gasteiger partial charge is 0.375 e. The van der Waals surface area contributed by atoms with Gasteiger partial charge in [0, 0.05) is 0 Å². The maximum absolute atomic E-state index is 6.56. The van der Waals surface area contributed by atoms with E-state index in [1.807, 2.05) is 0 Å². The Morgan fingerprint density at radius 1 is 1.00 bits per heavy atom. The molecule has 0 spiro atoms. The van der Waals surface area contributed by atoms with Crippen LogP contribution < -0.4 is 0 Å². The molecule has 4 aliphatic carbocycles. The normalized spacial score (nSPS) is 45.3. The van der Waals surface area contributed by atoms with Gasteiger partial charge < -0.3 is 4.74 Å². The number of fused-ring (bicyclic) bond motifs is 5. The van der Waals surface area contributed by atoms with Gasteiger partial charge in [-0.2, -0.15) is 0 Å². The van der Waals surface area contributed by atoms with Crippen LogP contribution in [0, 0.1) is 40.4 Å². The Morgan fingerprint density at radius 3 is 2.55 bits per heavy atom. The molecule has 3 saturated carbocycles. The topological polar surface area (TPSA) is 9.23 Å². The molecule has 8 atom stereocenters. The molecular formula is C28H48O. The smallest absolute Gasteiger partial charge is 0.0616 e. The molecule has 0 amide bonds. The highest BCUT2D eigenvalue weighted by Crippen LogP contribution is 2.66. The SMILES string of the molecule is CC(C)CCCC(C)OC1CCC2(C)C(=CCC3C2CCC2(C)C(C)CCC32)C1. The summed E-state index contributed by atoms with van der Waals surface area (Å²) in [5.41, 5.74) is 2.88. The zero-order valence-corrected chi connectivity index (χ0v) is 20.3. The predicted molar refractivity (Wildman–Crippen MR) is 124 cm³/mol. The van der Waals surface area contributed by atoms with Gasteiger partial charge in [0.15, 0.2) is 0 Å². The maximum Gasteiger partial charge on any atom is 0.0616 e. The van der Waals surface area contributed by atoms with Crippen LogP contribution in [-0.2, 0) is 4.74 Å². The van der Waals surface area contributed by atoms with E-state index in [0.29, 0.717) is 23.0 Å².